The quantitative estimate of drug-likeness (QED) is 0.878. The van der Waals surface area contributed by atoms with Crippen LogP contribution >= 0.6 is 0 Å². The molecule has 21 heavy (non-hydrogen) atoms. The van der Waals surface area contributed by atoms with Crippen LogP contribution in [0.4, 0.5) is 0 Å². The zero-order valence-corrected chi connectivity index (χ0v) is 11.8. The molecule has 1 aliphatic carbocycles. The van der Waals surface area contributed by atoms with Crippen LogP contribution in [-0.2, 0) is 4.74 Å². The molecule has 2 fully saturated rings. The van der Waals surface area contributed by atoms with E-state index in [1.54, 1.807) is 6.07 Å². The monoisotopic (exact) mass is 286 g/mol. The number of aryl methyl sites for hydroxylation is 1. The lowest BCUT2D eigenvalue weighted by Crippen LogP contribution is -2.68. The van der Waals surface area contributed by atoms with Crippen LogP contribution in [0.15, 0.2) is 28.7 Å². The summed E-state index contributed by atoms with van der Waals surface area (Å²) in [5.41, 5.74) is 7.96. The van der Waals surface area contributed by atoms with Crippen LogP contribution in [0.25, 0.3) is 11.0 Å². The largest absolute Gasteiger partial charge is 0.451 e. The SMILES string of the molecule is Cc1ccc2oc(C(=O)NC3C(N)C4CCOC43)cc2c1. The number of amides is 1. The summed E-state index contributed by atoms with van der Waals surface area (Å²) in [5.74, 6) is 0.483. The third-order valence-corrected chi connectivity index (χ3v) is 4.64. The van der Waals surface area contributed by atoms with E-state index >= 15 is 0 Å². The third kappa shape index (κ3) is 1.96. The van der Waals surface area contributed by atoms with Crippen LogP contribution in [0, 0.1) is 12.8 Å². The summed E-state index contributed by atoms with van der Waals surface area (Å²) in [7, 11) is 0. The predicted octanol–water partition coefficient (Wildman–Crippen LogP) is 1.59. The Kier molecular flexibility index (Phi) is 2.80. The average molecular weight is 286 g/mol. The first-order valence-electron chi connectivity index (χ1n) is 7.32. The Labute approximate surface area is 122 Å². The maximum absolute atomic E-state index is 12.3. The number of hydrogen-bond donors (Lipinski definition) is 2. The molecular formula is C16H18N2O3. The second kappa shape index (κ2) is 4.58. The van der Waals surface area contributed by atoms with Crippen molar-refractivity contribution >= 4 is 16.9 Å². The van der Waals surface area contributed by atoms with Gasteiger partial charge in [-0.1, -0.05) is 11.6 Å². The van der Waals surface area contributed by atoms with Gasteiger partial charge in [-0.2, -0.15) is 0 Å². The number of benzene rings is 1. The summed E-state index contributed by atoms with van der Waals surface area (Å²) in [5, 5.41) is 3.88. The predicted molar refractivity (Wildman–Crippen MR) is 78.0 cm³/mol. The number of fused-ring (bicyclic) bond motifs is 2. The van der Waals surface area contributed by atoms with E-state index in [1.165, 1.54) is 0 Å². The number of carbonyl (C=O) groups excluding carboxylic acids is 1. The summed E-state index contributed by atoms with van der Waals surface area (Å²) < 4.78 is 11.2. The molecule has 2 heterocycles. The number of nitrogens with two attached hydrogens (primary N) is 1. The lowest BCUT2D eigenvalue weighted by Gasteiger charge is -2.45. The molecule has 0 bridgehead atoms. The van der Waals surface area contributed by atoms with Gasteiger partial charge >= 0.3 is 0 Å². The number of carbonyl (C=O) groups is 1. The molecule has 1 aromatic heterocycles. The zero-order valence-electron chi connectivity index (χ0n) is 11.8. The Balaban J connectivity index is 1.53. The normalized spacial score (nSPS) is 31.0. The minimum absolute atomic E-state index is 0.0203. The Hall–Kier alpha value is -1.85. The van der Waals surface area contributed by atoms with E-state index in [0.29, 0.717) is 11.7 Å². The Morgan fingerprint density at radius 2 is 2.24 bits per heavy atom. The number of ether oxygens (including phenoxy) is 1. The number of furan rings is 1. The van der Waals surface area contributed by atoms with Gasteiger partial charge in [-0.05, 0) is 31.5 Å². The van der Waals surface area contributed by atoms with Crippen molar-refractivity contribution in [2.75, 3.05) is 6.61 Å². The topological polar surface area (TPSA) is 77.5 Å². The Bertz CT molecular complexity index is 709. The highest BCUT2D eigenvalue weighted by Crippen LogP contribution is 2.37. The second-order valence-corrected chi connectivity index (χ2v) is 6.02. The second-order valence-electron chi connectivity index (χ2n) is 6.02. The van der Waals surface area contributed by atoms with Crippen molar-refractivity contribution in [3.8, 4) is 0 Å². The zero-order chi connectivity index (χ0) is 14.6. The van der Waals surface area contributed by atoms with Crippen molar-refractivity contribution in [2.24, 2.45) is 11.7 Å². The molecule has 4 unspecified atom stereocenters. The summed E-state index contributed by atoms with van der Waals surface area (Å²) in [6, 6.07) is 7.49. The van der Waals surface area contributed by atoms with Crippen molar-refractivity contribution in [3.05, 3.63) is 35.6 Å². The van der Waals surface area contributed by atoms with Crippen LogP contribution < -0.4 is 11.1 Å². The van der Waals surface area contributed by atoms with Crippen LogP contribution in [0.1, 0.15) is 22.5 Å². The highest BCUT2D eigenvalue weighted by Gasteiger charge is 2.52. The van der Waals surface area contributed by atoms with E-state index in [4.69, 9.17) is 14.9 Å². The van der Waals surface area contributed by atoms with Crippen molar-refractivity contribution in [1.29, 1.82) is 0 Å². The smallest absolute Gasteiger partial charge is 0.287 e. The van der Waals surface area contributed by atoms with Gasteiger partial charge in [-0.15, -0.1) is 0 Å². The summed E-state index contributed by atoms with van der Waals surface area (Å²) >= 11 is 0. The summed E-state index contributed by atoms with van der Waals surface area (Å²) in [4.78, 5) is 12.3. The minimum Gasteiger partial charge on any atom is -0.451 e. The summed E-state index contributed by atoms with van der Waals surface area (Å²) in [6.07, 6.45) is 1.05. The fourth-order valence-corrected chi connectivity index (χ4v) is 3.42. The van der Waals surface area contributed by atoms with Crippen LogP contribution in [0.5, 0.6) is 0 Å². The minimum atomic E-state index is -0.224. The van der Waals surface area contributed by atoms with Crippen LogP contribution in [0.2, 0.25) is 0 Å². The van der Waals surface area contributed by atoms with Gasteiger partial charge in [0.25, 0.3) is 5.91 Å². The summed E-state index contributed by atoms with van der Waals surface area (Å²) in [6.45, 7) is 2.75. The molecule has 3 N–H and O–H groups in total. The number of rotatable bonds is 2. The van der Waals surface area contributed by atoms with Gasteiger partial charge in [0.15, 0.2) is 5.76 Å². The van der Waals surface area contributed by atoms with E-state index in [9.17, 15) is 4.79 Å². The molecule has 1 saturated carbocycles. The first kappa shape index (κ1) is 12.9. The molecule has 5 heteroatoms. The fourth-order valence-electron chi connectivity index (χ4n) is 3.42. The maximum atomic E-state index is 12.3. The molecule has 110 valence electrons. The highest BCUT2D eigenvalue weighted by molar-refractivity contribution is 5.96. The Morgan fingerprint density at radius 3 is 3.10 bits per heavy atom. The molecule has 1 amide bonds. The van der Waals surface area contributed by atoms with Gasteiger partial charge in [0, 0.05) is 24.0 Å². The fraction of sp³-hybridized carbons (Fsp3) is 0.438. The van der Waals surface area contributed by atoms with E-state index < -0.39 is 0 Å². The third-order valence-electron chi connectivity index (χ3n) is 4.64. The molecule has 4 rings (SSSR count). The average Bonchev–Trinajstić information content (AvgIpc) is 3.08. The molecule has 4 atom stereocenters. The van der Waals surface area contributed by atoms with Gasteiger partial charge in [-0.3, -0.25) is 4.79 Å². The number of nitrogens with one attached hydrogen (secondary N) is 1. The van der Waals surface area contributed by atoms with Gasteiger partial charge < -0.3 is 20.2 Å². The maximum Gasteiger partial charge on any atom is 0.287 e. The number of hydrogen-bond acceptors (Lipinski definition) is 4. The van der Waals surface area contributed by atoms with Crippen molar-refractivity contribution in [2.45, 2.75) is 31.5 Å². The standard InChI is InChI=1S/C16H18N2O3/c1-8-2-3-11-9(6-8)7-12(21-11)16(19)18-14-13(17)10-4-5-20-15(10)14/h2-3,6-7,10,13-15H,4-5,17H2,1H3,(H,18,19). The van der Waals surface area contributed by atoms with Gasteiger partial charge in [0.05, 0.1) is 12.1 Å². The van der Waals surface area contributed by atoms with Crippen LogP contribution in [0.3, 0.4) is 0 Å². The van der Waals surface area contributed by atoms with E-state index in [0.717, 1.165) is 29.6 Å². The van der Waals surface area contributed by atoms with Gasteiger partial charge in [-0.25, -0.2) is 0 Å². The van der Waals surface area contributed by atoms with E-state index in [1.807, 2.05) is 25.1 Å². The van der Waals surface area contributed by atoms with E-state index in [-0.39, 0.29) is 24.1 Å². The molecular weight excluding hydrogens is 268 g/mol. The molecule has 5 nitrogen and oxygen atoms in total. The van der Waals surface area contributed by atoms with E-state index in [2.05, 4.69) is 5.32 Å². The van der Waals surface area contributed by atoms with Crippen molar-refractivity contribution in [1.82, 2.24) is 5.32 Å². The first-order valence-corrected chi connectivity index (χ1v) is 7.32. The highest BCUT2D eigenvalue weighted by atomic mass is 16.5. The molecule has 1 aromatic carbocycles. The molecule has 0 spiro atoms. The van der Waals surface area contributed by atoms with Crippen molar-refractivity contribution in [3.63, 3.8) is 0 Å². The molecule has 2 aromatic rings. The van der Waals surface area contributed by atoms with Gasteiger partial charge in [0.2, 0.25) is 0 Å². The Morgan fingerprint density at radius 1 is 1.38 bits per heavy atom. The molecule has 2 aliphatic rings. The van der Waals surface area contributed by atoms with Crippen LogP contribution in [-0.4, -0.2) is 30.7 Å². The van der Waals surface area contributed by atoms with Gasteiger partial charge in [0.1, 0.15) is 5.58 Å². The van der Waals surface area contributed by atoms with Crippen molar-refractivity contribution < 1.29 is 13.9 Å². The molecule has 1 saturated heterocycles. The lowest BCUT2D eigenvalue weighted by molar-refractivity contribution is -0.0164. The molecule has 0 radical (unpaired) electrons. The lowest BCUT2D eigenvalue weighted by atomic mass is 9.72. The first-order chi connectivity index (χ1) is 10.1. The molecule has 1 aliphatic heterocycles.